The quantitative estimate of drug-likeness (QED) is 0.355. The van der Waals surface area contributed by atoms with E-state index >= 15 is 0 Å². The zero-order chi connectivity index (χ0) is 28.2. The minimum absolute atomic E-state index is 0.0453. The summed E-state index contributed by atoms with van der Waals surface area (Å²) < 4.78 is 0. The first-order chi connectivity index (χ1) is 20.0. The summed E-state index contributed by atoms with van der Waals surface area (Å²) in [6, 6.07) is 31.5. The second-order valence-electron chi connectivity index (χ2n) is 10.8. The summed E-state index contributed by atoms with van der Waals surface area (Å²) in [7, 11) is 0. The van der Waals surface area contributed by atoms with Crippen molar-refractivity contribution in [1.82, 2.24) is 19.7 Å². The van der Waals surface area contributed by atoms with E-state index in [1.165, 1.54) is 0 Å². The Hall–Kier alpha value is -4.49. The number of nitrogens with zero attached hydrogens (tertiary/aromatic N) is 4. The van der Waals surface area contributed by atoms with E-state index < -0.39 is 0 Å². The largest absolute Gasteiger partial charge is 0.399 e. The molecule has 3 heterocycles. The topological polar surface area (TPSA) is 82.8 Å². The van der Waals surface area contributed by atoms with Gasteiger partial charge in [-0.3, -0.25) is 14.5 Å². The zero-order valence-corrected chi connectivity index (χ0v) is 23.2. The number of benzene rings is 3. The molecule has 3 aromatic carbocycles. The fourth-order valence-electron chi connectivity index (χ4n) is 5.93. The molecule has 0 atom stereocenters. The van der Waals surface area contributed by atoms with E-state index in [0.29, 0.717) is 35.9 Å². The number of hydrogen-bond donors (Lipinski definition) is 1. The highest BCUT2D eigenvalue weighted by Crippen LogP contribution is 2.26. The number of likely N-dealkylation sites (tertiary alicyclic amines) is 1. The molecule has 2 aliphatic heterocycles. The molecule has 1 aromatic heterocycles. The van der Waals surface area contributed by atoms with Crippen molar-refractivity contribution in [1.29, 1.82) is 0 Å². The number of carbonyl (C=O) groups is 2. The number of rotatable bonds is 5. The predicted molar refractivity (Wildman–Crippen MR) is 162 cm³/mol. The van der Waals surface area contributed by atoms with Crippen LogP contribution in [-0.2, 0) is 0 Å². The van der Waals surface area contributed by atoms with Crippen LogP contribution in [0, 0.1) is 0 Å². The Kier molecular flexibility index (Phi) is 7.78. The van der Waals surface area contributed by atoms with Gasteiger partial charge in [0.1, 0.15) is 0 Å². The lowest BCUT2D eigenvalue weighted by molar-refractivity contribution is 0.0412. The third-order valence-electron chi connectivity index (χ3n) is 8.21. The maximum absolute atomic E-state index is 13.8. The van der Waals surface area contributed by atoms with Crippen molar-refractivity contribution in [3.63, 3.8) is 0 Å². The fourth-order valence-corrected chi connectivity index (χ4v) is 5.93. The standard InChI is InChI=1S/C34H35N5O2/c35-29-13-7-12-27(22-29)33(40)38-16-14-30(15-17-38)37-18-20-39(21-19-37)34(41)28-23-31(25-8-3-1-4-9-25)36-32(24-28)26-10-5-2-6-11-26/h1-13,22-24,30H,14-21,35H2. The molecule has 7 nitrogen and oxygen atoms in total. The number of hydrogen-bond acceptors (Lipinski definition) is 5. The normalized spacial score (nSPS) is 16.5. The molecule has 208 valence electrons. The Morgan fingerprint density at radius 1 is 0.610 bits per heavy atom. The molecule has 0 unspecified atom stereocenters. The smallest absolute Gasteiger partial charge is 0.254 e. The summed E-state index contributed by atoms with van der Waals surface area (Å²) in [5, 5.41) is 0. The molecule has 2 fully saturated rings. The molecule has 2 saturated heterocycles. The van der Waals surface area contributed by atoms with Crippen molar-refractivity contribution in [3.8, 4) is 22.5 Å². The Bertz CT molecular complexity index is 1450. The van der Waals surface area contributed by atoms with Crippen molar-refractivity contribution in [3.05, 3.63) is 108 Å². The molecule has 2 N–H and O–H groups in total. The van der Waals surface area contributed by atoms with E-state index in [9.17, 15) is 9.59 Å². The van der Waals surface area contributed by atoms with Gasteiger partial charge < -0.3 is 15.5 Å². The number of aromatic nitrogens is 1. The number of nitrogens with two attached hydrogens (primary N) is 1. The van der Waals surface area contributed by atoms with Gasteiger partial charge in [0.05, 0.1) is 11.4 Å². The van der Waals surface area contributed by atoms with Crippen molar-refractivity contribution in [2.24, 2.45) is 0 Å². The van der Waals surface area contributed by atoms with Crippen LogP contribution in [0.4, 0.5) is 5.69 Å². The Balaban J connectivity index is 1.10. The summed E-state index contributed by atoms with van der Waals surface area (Å²) in [4.78, 5) is 38.0. The summed E-state index contributed by atoms with van der Waals surface area (Å²) in [6.07, 6.45) is 1.88. The molecule has 0 saturated carbocycles. The third kappa shape index (κ3) is 6.00. The highest BCUT2D eigenvalue weighted by molar-refractivity contribution is 5.96. The van der Waals surface area contributed by atoms with Crippen LogP contribution < -0.4 is 5.73 Å². The van der Waals surface area contributed by atoms with Gasteiger partial charge >= 0.3 is 0 Å². The number of anilines is 1. The third-order valence-corrected chi connectivity index (χ3v) is 8.21. The summed E-state index contributed by atoms with van der Waals surface area (Å²) >= 11 is 0. The van der Waals surface area contributed by atoms with Gasteiger partial charge in [-0.15, -0.1) is 0 Å². The molecule has 0 radical (unpaired) electrons. The van der Waals surface area contributed by atoms with Crippen molar-refractivity contribution in [2.75, 3.05) is 45.0 Å². The van der Waals surface area contributed by atoms with Crippen molar-refractivity contribution >= 4 is 17.5 Å². The van der Waals surface area contributed by atoms with Gasteiger partial charge in [0, 0.05) is 73.3 Å². The van der Waals surface area contributed by atoms with Crippen LogP contribution in [0.2, 0.25) is 0 Å². The van der Waals surface area contributed by atoms with Gasteiger partial charge in [-0.05, 0) is 43.2 Å². The lowest BCUT2D eigenvalue weighted by Gasteiger charge is -2.42. The zero-order valence-electron chi connectivity index (χ0n) is 23.2. The van der Waals surface area contributed by atoms with Gasteiger partial charge in [-0.2, -0.15) is 0 Å². The summed E-state index contributed by atoms with van der Waals surface area (Å²) in [5.41, 5.74) is 11.4. The molecule has 0 spiro atoms. The fraction of sp³-hybridized carbons (Fsp3) is 0.265. The molecule has 4 aromatic rings. The van der Waals surface area contributed by atoms with Crippen LogP contribution in [0.15, 0.2) is 97.1 Å². The second kappa shape index (κ2) is 11.9. The van der Waals surface area contributed by atoms with Gasteiger partial charge in [-0.1, -0.05) is 66.7 Å². The van der Waals surface area contributed by atoms with Gasteiger partial charge in [0.2, 0.25) is 0 Å². The van der Waals surface area contributed by atoms with Crippen LogP contribution in [0.3, 0.4) is 0 Å². The highest BCUT2D eigenvalue weighted by atomic mass is 16.2. The summed E-state index contributed by atoms with van der Waals surface area (Å²) in [5.74, 6) is 0.0947. The first-order valence-electron chi connectivity index (χ1n) is 14.4. The molecular weight excluding hydrogens is 510 g/mol. The molecule has 0 aliphatic carbocycles. The van der Waals surface area contributed by atoms with Crippen LogP contribution >= 0.6 is 0 Å². The van der Waals surface area contributed by atoms with E-state index in [1.54, 1.807) is 12.1 Å². The maximum Gasteiger partial charge on any atom is 0.254 e. The van der Waals surface area contributed by atoms with Crippen molar-refractivity contribution in [2.45, 2.75) is 18.9 Å². The van der Waals surface area contributed by atoms with Crippen LogP contribution in [0.1, 0.15) is 33.6 Å². The summed E-state index contributed by atoms with van der Waals surface area (Å²) in [6.45, 7) is 4.51. The molecule has 2 amide bonds. The molecule has 6 rings (SSSR count). The monoisotopic (exact) mass is 545 g/mol. The number of amides is 2. The molecular formula is C34H35N5O2. The lowest BCUT2D eigenvalue weighted by atomic mass is 10.0. The molecule has 2 aliphatic rings. The van der Waals surface area contributed by atoms with Gasteiger partial charge in [-0.25, -0.2) is 4.98 Å². The molecule has 41 heavy (non-hydrogen) atoms. The van der Waals surface area contributed by atoms with Crippen LogP contribution in [0.5, 0.6) is 0 Å². The lowest BCUT2D eigenvalue weighted by Crippen LogP contribution is -2.54. The second-order valence-corrected chi connectivity index (χ2v) is 10.8. The first-order valence-corrected chi connectivity index (χ1v) is 14.4. The average Bonchev–Trinajstić information content (AvgIpc) is 3.05. The van der Waals surface area contributed by atoms with E-state index in [2.05, 4.69) is 4.90 Å². The van der Waals surface area contributed by atoms with Crippen molar-refractivity contribution < 1.29 is 9.59 Å². The van der Waals surface area contributed by atoms with Gasteiger partial charge in [0.15, 0.2) is 0 Å². The predicted octanol–water partition coefficient (Wildman–Crippen LogP) is 5.06. The Morgan fingerprint density at radius 2 is 1.15 bits per heavy atom. The van der Waals surface area contributed by atoms with Crippen LogP contribution in [-0.4, -0.2) is 76.8 Å². The van der Waals surface area contributed by atoms with E-state index in [1.807, 2.05) is 94.7 Å². The average molecular weight is 546 g/mol. The van der Waals surface area contributed by atoms with E-state index in [4.69, 9.17) is 10.7 Å². The Morgan fingerprint density at radius 3 is 1.71 bits per heavy atom. The number of nitrogen functional groups attached to an aromatic ring is 1. The number of piperazine rings is 1. The Labute approximate surface area is 241 Å². The maximum atomic E-state index is 13.8. The number of carbonyl (C=O) groups excluding carboxylic acids is 2. The highest BCUT2D eigenvalue weighted by Gasteiger charge is 2.31. The van der Waals surface area contributed by atoms with E-state index in [-0.39, 0.29) is 11.8 Å². The number of piperidine rings is 1. The molecule has 7 heteroatoms. The molecule has 0 bridgehead atoms. The van der Waals surface area contributed by atoms with Gasteiger partial charge in [0.25, 0.3) is 11.8 Å². The number of pyridine rings is 1. The van der Waals surface area contributed by atoms with Crippen LogP contribution in [0.25, 0.3) is 22.5 Å². The van der Waals surface area contributed by atoms with E-state index in [0.717, 1.165) is 61.5 Å². The first kappa shape index (κ1) is 26.7. The minimum atomic E-state index is 0.0453. The SMILES string of the molecule is Nc1cccc(C(=O)N2CCC(N3CCN(C(=O)c4cc(-c5ccccc5)nc(-c5ccccc5)c4)CC3)CC2)c1. The minimum Gasteiger partial charge on any atom is -0.399 e.